The minimum Gasteiger partial charge on any atom is -0.482 e. The van der Waals surface area contributed by atoms with Gasteiger partial charge in [0.25, 0.3) is 5.91 Å². The Morgan fingerprint density at radius 2 is 2.29 bits per heavy atom. The SMILES string of the molecule is O=C(CCCc1nc(-c2cccs2)no1)Nc1cc2c(cc1Cl)NC(=O)CO2. The summed E-state index contributed by atoms with van der Waals surface area (Å²) in [6.45, 7) is -0.0698. The molecule has 10 heteroatoms. The first-order valence-electron chi connectivity index (χ1n) is 8.51. The van der Waals surface area contributed by atoms with E-state index in [-0.39, 0.29) is 24.8 Å². The number of hydrogen-bond acceptors (Lipinski definition) is 7. The highest BCUT2D eigenvalue weighted by atomic mass is 35.5. The summed E-state index contributed by atoms with van der Waals surface area (Å²) in [5.41, 5.74) is 0.913. The topological polar surface area (TPSA) is 106 Å². The molecule has 0 spiro atoms. The van der Waals surface area contributed by atoms with Crippen molar-refractivity contribution in [3.8, 4) is 16.5 Å². The number of hydrogen-bond donors (Lipinski definition) is 2. The molecule has 0 unspecified atom stereocenters. The standard InChI is InChI=1S/C18H15ClN4O4S/c19-10-7-12-13(26-9-16(25)21-12)8-11(10)20-15(24)4-1-5-17-22-18(23-27-17)14-3-2-6-28-14/h2-3,6-8H,1,4-5,9H2,(H,20,24)(H,21,25). The Labute approximate surface area is 168 Å². The molecule has 1 aromatic carbocycles. The lowest BCUT2D eigenvalue weighted by Crippen LogP contribution is -2.25. The summed E-state index contributed by atoms with van der Waals surface area (Å²) in [5.74, 6) is 1.07. The van der Waals surface area contributed by atoms with E-state index in [1.54, 1.807) is 12.1 Å². The van der Waals surface area contributed by atoms with Crippen LogP contribution in [0.15, 0.2) is 34.2 Å². The van der Waals surface area contributed by atoms with Crippen LogP contribution in [0.1, 0.15) is 18.7 Å². The predicted octanol–water partition coefficient (Wildman–Crippen LogP) is 3.74. The molecule has 0 radical (unpaired) electrons. The van der Waals surface area contributed by atoms with Crippen molar-refractivity contribution < 1.29 is 18.8 Å². The van der Waals surface area contributed by atoms with Crippen LogP contribution in [0.5, 0.6) is 5.75 Å². The average molecular weight is 419 g/mol. The number of nitrogens with zero attached hydrogens (tertiary/aromatic N) is 2. The zero-order valence-corrected chi connectivity index (χ0v) is 16.1. The molecule has 0 aliphatic carbocycles. The van der Waals surface area contributed by atoms with Gasteiger partial charge in [-0.2, -0.15) is 4.98 Å². The van der Waals surface area contributed by atoms with Crippen molar-refractivity contribution in [2.45, 2.75) is 19.3 Å². The van der Waals surface area contributed by atoms with E-state index in [0.29, 0.717) is 46.7 Å². The minimum atomic E-state index is -0.247. The highest BCUT2D eigenvalue weighted by Crippen LogP contribution is 2.36. The normalized spacial score (nSPS) is 12.8. The van der Waals surface area contributed by atoms with Gasteiger partial charge in [-0.05, 0) is 23.9 Å². The van der Waals surface area contributed by atoms with Gasteiger partial charge >= 0.3 is 0 Å². The molecule has 4 rings (SSSR count). The lowest BCUT2D eigenvalue weighted by atomic mass is 10.2. The maximum absolute atomic E-state index is 12.2. The molecule has 1 aliphatic heterocycles. The van der Waals surface area contributed by atoms with Gasteiger partial charge in [0.05, 0.1) is 21.3 Å². The van der Waals surface area contributed by atoms with E-state index in [1.165, 1.54) is 11.3 Å². The summed E-state index contributed by atoms with van der Waals surface area (Å²) in [6.07, 6.45) is 1.31. The van der Waals surface area contributed by atoms with Crippen molar-refractivity contribution in [2.24, 2.45) is 0 Å². The average Bonchev–Trinajstić information content (AvgIpc) is 3.34. The van der Waals surface area contributed by atoms with Crippen LogP contribution in [0.4, 0.5) is 11.4 Å². The molecule has 3 heterocycles. The van der Waals surface area contributed by atoms with Gasteiger partial charge in [-0.3, -0.25) is 9.59 Å². The third-order valence-electron chi connectivity index (χ3n) is 3.98. The summed E-state index contributed by atoms with van der Waals surface area (Å²) < 4.78 is 10.6. The lowest BCUT2D eigenvalue weighted by molar-refractivity contribution is -0.118. The molecular formula is C18H15ClN4O4S. The highest BCUT2D eigenvalue weighted by molar-refractivity contribution is 7.13. The first-order valence-corrected chi connectivity index (χ1v) is 9.77. The highest BCUT2D eigenvalue weighted by Gasteiger charge is 2.19. The molecule has 3 aromatic rings. The fourth-order valence-electron chi connectivity index (χ4n) is 2.67. The first-order chi connectivity index (χ1) is 13.6. The molecule has 0 bridgehead atoms. The summed E-state index contributed by atoms with van der Waals surface area (Å²) in [6, 6.07) is 6.99. The van der Waals surface area contributed by atoms with Gasteiger partial charge in [-0.1, -0.05) is 22.8 Å². The lowest BCUT2D eigenvalue weighted by Gasteiger charge is -2.19. The van der Waals surface area contributed by atoms with Gasteiger partial charge in [0.1, 0.15) is 5.75 Å². The number of carbonyl (C=O) groups excluding carboxylic acids is 2. The maximum Gasteiger partial charge on any atom is 0.262 e. The predicted molar refractivity (Wildman–Crippen MR) is 105 cm³/mol. The van der Waals surface area contributed by atoms with E-state index in [9.17, 15) is 9.59 Å². The molecule has 144 valence electrons. The summed E-state index contributed by atoms with van der Waals surface area (Å²) in [7, 11) is 0. The number of aryl methyl sites for hydroxylation is 1. The van der Waals surface area contributed by atoms with Gasteiger partial charge in [-0.15, -0.1) is 11.3 Å². The minimum absolute atomic E-state index is 0.0698. The van der Waals surface area contributed by atoms with Crippen molar-refractivity contribution in [3.05, 3.63) is 40.6 Å². The van der Waals surface area contributed by atoms with Crippen molar-refractivity contribution in [1.29, 1.82) is 0 Å². The number of aromatic nitrogens is 2. The van der Waals surface area contributed by atoms with Gasteiger partial charge < -0.3 is 19.9 Å². The van der Waals surface area contributed by atoms with E-state index in [4.69, 9.17) is 20.9 Å². The van der Waals surface area contributed by atoms with Crippen LogP contribution in [0.25, 0.3) is 10.7 Å². The summed E-state index contributed by atoms with van der Waals surface area (Å²) in [5, 5.41) is 11.6. The third-order valence-corrected chi connectivity index (χ3v) is 5.16. The Hall–Kier alpha value is -2.91. The van der Waals surface area contributed by atoms with Crippen LogP contribution in [0.2, 0.25) is 5.02 Å². The van der Waals surface area contributed by atoms with Crippen LogP contribution in [-0.2, 0) is 16.0 Å². The van der Waals surface area contributed by atoms with Crippen molar-refractivity contribution >= 4 is 46.1 Å². The van der Waals surface area contributed by atoms with Gasteiger partial charge in [-0.25, -0.2) is 0 Å². The number of ether oxygens (including phenoxy) is 1. The van der Waals surface area contributed by atoms with Crippen molar-refractivity contribution in [3.63, 3.8) is 0 Å². The molecule has 28 heavy (non-hydrogen) atoms. The molecule has 0 atom stereocenters. The van der Waals surface area contributed by atoms with E-state index in [0.717, 1.165) is 4.88 Å². The number of amides is 2. The second-order valence-electron chi connectivity index (χ2n) is 6.06. The Balaban J connectivity index is 1.31. The first kappa shape index (κ1) is 18.5. The quantitative estimate of drug-likeness (QED) is 0.631. The van der Waals surface area contributed by atoms with Crippen molar-refractivity contribution in [2.75, 3.05) is 17.2 Å². The fourth-order valence-corrected chi connectivity index (χ4v) is 3.53. The van der Waals surface area contributed by atoms with Gasteiger partial charge in [0.2, 0.25) is 17.6 Å². The molecule has 2 amide bonds. The molecular weight excluding hydrogens is 404 g/mol. The third kappa shape index (κ3) is 4.15. The number of rotatable bonds is 6. The largest absolute Gasteiger partial charge is 0.482 e. The number of carbonyl (C=O) groups is 2. The molecule has 2 N–H and O–H groups in total. The van der Waals surface area contributed by atoms with Crippen LogP contribution < -0.4 is 15.4 Å². The Morgan fingerprint density at radius 1 is 1.39 bits per heavy atom. The molecule has 0 saturated heterocycles. The Bertz CT molecular complexity index is 1020. The smallest absolute Gasteiger partial charge is 0.262 e. The van der Waals surface area contributed by atoms with Crippen molar-refractivity contribution in [1.82, 2.24) is 10.1 Å². The number of halogens is 1. The number of benzene rings is 1. The Kier molecular flexibility index (Phi) is 5.27. The number of anilines is 2. The number of fused-ring (bicyclic) bond motifs is 1. The number of thiophene rings is 1. The maximum atomic E-state index is 12.2. The van der Waals surface area contributed by atoms with Gasteiger partial charge in [0.15, 0.2) is 6.61 Å². The van der Waals surface area contributed by atoms with Crippen LogP contribution in [0, 0.1) is 0 Å². The van der Waals surface area contributed by atoms with Crippen LogP contribution >= 0.6 is 22.9 Å². The second kappa shape index (κ2) is 7.99. The van der Waals surface area contributed by atoms with E-state index < -0.39 is 0 Å². The zero-order valence-electron chi connectivity index (χ0n) is 14.5. The molecule has 0 saturated carbocycles. The molecule has 1 aliphatic rings. The molecule has 0 fully saturated rings. The van der Waals surface area contributed by atoms with E-state index in [1.807, 2.05) is 17.5 Å². The second-order valence-corrected chi connectivity index (χ2v) is 7.41. The number of nitrogens with one attached hydrogen (secondary N) is 2. The zero-order chi connectivity index (χ0) is 19.5. The summed E-state index contributed by atoms with van der Waals surface area (Å²) in [4.78, 5) is 28.8. The Morgan fingerprint density at radius 3 is 3.11 bits per heavy atom. The van der Waals surface area contributed by atoms with Crippen LogP contribution in [-0.4, -0.2) is 28.6 Å². The monoisotopic (exact) mass is 418 g/mol. The van der Waals surface area contributed by atoms with E-state index >= 15 is 0 Å². The van der Waals surface area contributed by atoms with Crippen LogP contribution in [0.3, 0.4) is 0 Å². The molecule has 2 aromatic heterocycles. The van der Waals surface area contributed by atoms with Gasteiger partial charge in [0, 0.05) is 18.9 Å². The molecule has 8 nitrogen and oxygen atoms in total. The summed E-state index contributed by atoms with van der Waals surface area (Å²) >= 11 is 7.72. The fraction of sp³-hybridized carbons (Fsp3) is 0.222. The van der Waals surface area contributed by atoms with E-state index in [2.05, 4.69) is 20.8 Å².